The van der Waals surface area contributed by atoms with Crippen molar-refractivity contribution in [2.24, 2.45) is 0 Å². The molecule has 1 N–H and O–H groups in total. The van der Waals surface area contributed by atoms with E-state index >= 15 is 0 Å². The number of halogens is 1. The largest absolute Gasteiger partial charge is 0.314 e. The lowest BCUT2D eigenvalue weighted by Gasteiger charge is -2.07. The Labute approximate surface area is 115 Å². The van der Waals surface area contributed by atoms with E-state index in [0.29, 0.717) is 0 Å². The van der Waals surface area contributed by atoms with Gasteiger partial charge in [-0.25, -0.2) is 4.98 Å². The smallest absolute Gasteiger partial charge is 0.266 e. The van der Waals surface area contributed by atoms with Crippen molar-refractivity contribution in [1.29, 1.82) is 0 Å². The van der Waals surface area contributed by atoms with Crippen LogP contribution in [0.4, 0.5) is 0 Å². The van der Waals surface area contributed by atoms with Crippen molar-refractivity contribution in [3.8, 4) is 0 Å². The quantitative estimate of drug-likeness (QED) is 0.629. The molecule has 5 heteroatoms. The van der Waals surface area contributed by atoms with Crippen LogP contribution in [0.2, 0.25) is 0 Å². The van der Waals surface area contributed by atoms with E-state index in [1.165, 1.54) is 12.8 Å². The normalized spacial score (nSPS) is 15.2. The number of nitrogens with one attached hydrogen (secondary N) is 1. The summed E-state index contributed by atoms with van der Waals surface area (Å²) in [6.45, 7) is 3.71. The van der Waals surface area contributed by atoms with Crippen LogP contribution in [0.15, 0.2) is 11.1 Å². The van der Waals surface area contributed by atoms with Gasteiger partial charge < -0.3 is 5.32 Å². The van der Waals surface area contributed by atoms with E-state index in [1.54, 1.807) is 10.9 Å². The average molecular weight is 347 g/mol. The summed E-state index contributed by atoms with van der Waals surface area (Å²) in [4.78, 5) is 16.1. The summed E-state index contributed by atoms with van der Waals surface area (Å²) >= 11 is 2.07. The van der Waals surface area contributed by atoms with Gasteiger partial charge in [-0.3, -0.25) is 9.36 Å². The molecule has 0 amide bonds. The third-order valence-corrected chi connectivity index (χ3v) is 4.24. The Morgan fingerprint density at radius 2 is 2.29 bits per heavy atom. The SMILES string of the molecule is Cc1ncn(CCCCNC2CC2)c(=O)c1I. The molecule has 1 aromatic rings. The molecule has 0 radical (unpaired) electrons. The maximum atomic E-state index is 11.9. The molecule has 0 aromatic carbocycles. The molecule has 0 atom stereocenters. The zero-order valence-electron chi connectivity index (χ0n) is 10.1. The van der Waals surface area contributed by atoms with Crippen LogP contribution in [0.25, 0.3) is 0 Å². The van der Waals surface area contributed by atoms with Gasteiger partial charge in [-0.15, -0.1) is 0 Å². The van der Waals surface area contributed by atoms with E-state index in [-0.39, 0.29) is 5.56 Å². The fourth-order valence-corrected chi connectivity index (χ4v) is 2.16. The number of aromatic nitrogens is 2. The summed E-state index contributed by atoms with van der Waals surface area (Å²) in [5.41, 5.74) is 0.913. The first-order chi connectivity index (χ1) is 8.18. The van der Waals surface area contributed by atoms with Crippen LogP contribution < -0.4 is 10.9 Å². The van der Waals surface area contributed by atoms with Gasteiger partial charge in [-0.2, -0.15) is 0 Å². The molecule has 4 nitrogen and oxygen atoms in total. The zero-order chi connectivity index (χ0) is 12.3. The monoisotopic (exact) mass is 347 g/mol. The Morgan fingerprint density at radius 1 is 1.53 bits per heavy atom. The van der Waals surface area contributed by atoms with E-state index in [2.05, 4.69) is 32.9 Å². The molecule has 0 saturated heterocycles. The van der Waals surface area contributed by atoms with Crippen LogP contribution >= 0.6 is 22.6 Å². The molecule has 1 fully saturated rings. The van der Waals surface area contributed by atoms with Crippen LogP contribution in [0.1, 0.15) is 31.4 Å². The summed E-state index contributed by atoms with van der Waals surface area (Å²) in [5.74, 6) is 0. The molecule has 0 bridgehead atoms. The average Bonchev–Trinajstić information content (AvgIpc) is 3.12. The highest BCUT2D eigenvalue weighted by atomic mass is 127. The predicted molar refractivity (Wildman–Crippen MR) is 76.2 cm³/mol. The van der Waals surface area contributed by atoms with Crippen molar-refractivity contribution in [3.05, 3.63) is 25.9 Å². The van der Waals surface area contributed by atoms with Crippen molar-refractivity contribution in [2.75, 3.05) is 6.54 Å². The maximum absolute atomic E-state index is 11.9. The van der Waals surface area contributed by atoms with Crippen molar-refractivity contribution in [3.63, 3.8) is 0 Å². The second-order valence-corrected chi connectivity index (χ2v) is 5.66. The third-order valence-electron chi connectivity index (χ3n) is 2.99. The van der Waals surface area contributed by atoms with Gasteiger partial charge in [0.25, 0.3) is 5.56 Å². The molecule has 17 heavy (non-hydrogen) atoms. The molecule has 1 aliphatic carbocycles. The minimum atomic E-state index is 0.0910. The van der Waals surface area contributed by atoms with Crippen molar-refractivity contribution < 1.29 is 0 Å². The Morgan fingerprint density at radius 3 is 3.00 bits per heavy atom. The Balaban J connectivity index is 1.77. The maximum Gasteiger partial charge on any atom is 0.266 e. The standard InChI is InChI=1S/C12H18IN3O/c1-9-11(13)12(17)16(8-15-9)7-3-2-6-14-10-4-5-10/h8,10,14H,2-7H2,1H3. The fourth-order valence-electron chi connectivity index (χ4n) is 1.71. The minimum Gasteiger partial charge on any atom is -0.314 e. The molecule has 0 spiro atoms. The molecular weight excluding hydrogens is 329 g/mol. The van der Waals surface area contributed by atoms with Gasteiger partial charge in [-0.1, -0.05) is 0 Å². The molecule has 0 aliphatic heterocycles. The van der Waals surface area contributed by atoms with E-state index in [0.717, 1.165) is 41.2 Å². The van der Waals surface area contributed by atoms with E-state index in [1.807, 2.05) is 6.92 Å². The summed E-state index contributed by atoms with van der Waals surface area (Å²) in [5, 5.41) is 3.47. The summed E-state index contributed by atoms with van der Waals surface area (Å²) < 4.78 is 2.45. The Hall–Kier alpha value is -0.430. The van der Waals surface area contributed by atoms with Crippen LogP contribution in [-0.2, 0) is 6.54 Å². The number of unbranched alkanes of at least 4 members (excludes halogenated alkanes) is 1. The van der Waals surface area contributed by atoms with Crippen molar-refractivity contribution in [1.82, 2.24) is 14.9 Å². The first-order valence-electron chi connectivity index (χ1n) is 6.13. The zero-order valence-corrected chi connectivity index (χ0v) is 12.2. The molecule has 94 valence electrons. The van der Waals surface area contributed by atoms with E-state index in [4.69, 9.17) is 0 Å². The highest BCUT2D eigenvalue weighted by molar-refractivity contribution is 14.1. The highest BCUT2D eigenvalue weighted by Gasteiger charge is 2.19. The highest BCUT2D eigenvalue weighted by Crippen LogP contribution is 2.18. The molecular formula is C12H18IN3O. The topological polar surface area (TPSA) is 46.9 Å². The van der Waals surface area contributed by atoms with Crippen LogP contribution in [-0.4, -0.2) is 22.1 Å². The van der Waals surface area contributed by atoms with Gasteiger partial charge in [0.05, 0.1) is 15.6 Å². The first-order valence-corrected chi connectivity index (χ1v) is 7.21. The number of aryl methyl sites for hydroxylation is 2. The number of nitrogens with zero attached hydrogens (tertiary/aromatic N) is 2. The lowest BCUT2D eigenvalue weighted by Crippen LogP contribution is -2.25. The minimum absolute atomic E-state index is 0.0910. The first kappa shape index (κ1) is 13.0. The van der Waals surface area contributed by atoms with E-state index in [9.17, 15) is 4.79 Å². The van der Waals surface area contributed by atoms with Crippen LogP contribution in [0.3, 0.4) is 0 Å². The molecule has 1 aromatic heterocycles. The van der Waals surface area contributed by atoms with Gasteiger partial charge in [0.1, 0.15) is 0 Å². The fraction of sp³-hybridized carbons (Fsp3) is 0.667. The summed E-state index contributed by atoms with van der Waals surface area (Å²) in [6, 6.07) is 0.778. The van der Waals surface area contributed by atoms with Gasteiger partial charge in [0, 0.05) is 12.6 Å². The van der Waals surface area contributed by atoms with Gasteiger partial charge in [0.2, 0.25) is 0 Å². The van der Waals surface area contributed by atoms with Crippen LogP contribution in [0, 0.1) is 10.5 Å². The lowest BCUT2D eigenvalue weighted by molar-refractivity contribution is 0.550. The molecule has 0 unspecified atom stereocenters. The Kier molecular flexibility index (Phi) is 4.55. The number of rotatable bonds is 6. The molecule has 2 rings (SSSR count). The van der Waals surface area contributed by atoms with Gasteiger partial charge in [-0.05, 0) is 61.7 Å². The summed E-state index contributed by atoms with van der Waals surface area (Å²) in [6.07, 6.45) is 6.47. The third kappa shape index (κ3) is 3.77. The second kappa shape index (κ2) is 5.95. The van der Waals surface area contributed by atoms with Crippen LogP contribution in [0.5, 0.6) is 0 Å². The lowest BCUT2D eigenvalue weighted by atomic mass is 10.3. The van der Waals surface area contributed by atoms with Gasteiger partial charge in [0.15, 0.2) is 0 Å². The van der Waals surface area contributed by atoms with Crippen molar-refractivity contribution >= 4 is 22.6 Å². The van der Waals surface area contributed by atoms with E-state index < -0.39 is 0 Å². The molecule has 1 saturated carbocycles. The molecule has 1 heterocycles. The van der Waals surface area contributed by atoms with Gasteiger partial charge >= 0.3 is 0 Å². The Bertz CT molecular complexity index is 440. The number of hydrogen-bond acceptors (Lipinski definition) is 3. The molecule has 1 aliphatic rings. The summed E-state index contributed by atoms with van der Waals surface area (Å²) in [7, 11) is 0. The predicted octanol–water partition coefficient (Wildman–Crippen LogP) is 1.69. The van der Waals surface area contributed by atoms with Crippen molar-refractivity contribution in [2.45, 2.75) is 45.2 Å². The number of hydrogen-bond donors (Lipinski definition) is 1. The second-order valence-electron chi connectivity index (χ2n) is 4.58.